The predicted molar refractivity (Wildman–Crippen MR) is 59.4 cm³/mol. The quantitative estimate of drug-likeness (QED) is 0.742. The van der Waals surface area contributed by atoms with Gasteiger partial charge in [0.05, 0.1) is 0 Å². The largest absolute Gasteiger partial charge is 0.398 e. The highest BCUT2D eigenvalue weighted by Gasteiger charge is 2.04. The first-order chi connectivity index (χ1) is 7.29. The van der Waals surface area contributed by atoms with E-state index in [9.17, 15) is 0 Å². The minimum atomic E-state index is 0.708. The standard InChI is InChI=1S/C11H14N4/c1-2-10-13-11(15-14-10)7-8-5-3-4-6-9(8)12/h3-6H,2,7,12H2,1H3,(H,13,14,15). The maximum Gasteiger partial charge on any atom is 0.150 e. The summed E-state index contributed by atoms with van der Waals surface area (Å²) in [5, 5.41) is 7.00. The molecule has 4 heteroatoms. The number of hydrogen-bond acceptors (Lipinski definition) is 3. The van der Waals surface area contributed by atoms with E-state index in [4.69, 9.17) is 5.73 Å². The van der Waals surface area contributed by atoms with E-state index in [0.717, 1.165) is 29.3 Å². The van der Waals surface area contributed by atoms with Gasteiger partial charge in [0.25, 0.3) is 0 Å². The molecule has 0 saturated heterocycles. The summed E-state index contributed by atoms with van der Waals surface area (Å²) in [5.74, 6) is 1.71. The minimum Gasteiger partial charge on any atom is -0.398 e. The maximum atomic E-state index is 5.85. The van der Waals surface area contributed by atoms with Gasteiger partial charge in [0, 0.05) is 18.5 Å². The lowest BCUT2D eigenvalue weighted by Crippen LogP contribution is -1.96. The van der Waals surface area contributed by atoms with Crippen molar-refractivity contribution in [1.82, 2.24) is 15.2 Å². The van der Waals surface area contributed by atoms with Crippen molar-refractivity contribution in [3.05, 3.63) is 41.5 Å². The van der Waals surface area contributed by atoms with Crippen LogP contribution in [0.3, 0.4) is 0 Å². The third-order valence-electron chi connectivity index (χ3n) is 2.31. The lowest BCUT2D eigenvalue weighted by atomic mass is 10.1. The van der Waals surface area contributed by atoms with Crippen molar-refractivity contribution in [3.8, 4) is 0 Å². The third kappa shape index (κ3) is 2.15. The number of anilines is 1. The zero-order chi connectivity index (χ0) is 10.7. The number of nitrogens with two attached hydrogens (primary N) is 1. The van der Waals surface area contributed by atoms with Crippen LogP contribution in [-0.2, 0) is 12.8 Å². The highest BCUT2D eigenvalue weighted by molar-refractivity contribution is 5.47. The van der Waals surface area contributed by atoms with Gasteiger partial charge in [0.15, 0.2) is 0 Å². The number of H-pyrrole nitrogens is 1. The fourth-order valence-corrected chi connectivity index (χ4v) is 1.45. The van der Waals surface area contributed by atoms with Crippen LogP contribution in [0.2, 0.25) is 0 Å². The van der Waals surface area contributed by atoms with E-state index in [0.29, 0.717) is 6.42 Å². The van der Waals surface area contributed by atoms with Gasteiger partial charge in [-0.3, -0.25) is 5.10 Å². The van der Waals surface area contributed by atoms with Crippen molar-refractivity contribution in [1.29, 1.82) is 0 Å². The molecule has 0 radical (unpaired) electrons. The molecule has 3 N–H and O–H groups in total. The van der Waals surface area contributed by atoms with Crippen molar-refractivity contribution in [2.24, 2.45) is 0 Å². The summed E-state index contributed by atoms with van der Waals surface area (Å²) in [7, 11) is 0. The number of rotatable bonds is 3. The molecule has 0 spiro atoms. The summed E-state index contributed by atoms with van der Waals surface area (Å²) in [4.78, 5) is 4.34. The van der Waals surface area contributed by atoms with Crippen LogP contribution in [0.4, 0.5) is 5.69 Å². The van der Waals surface area contributed by atoms with Crippen molar-refractivity contribution in [3.63, 3.8) is 0 Å². The van der Waals surface area contributed by atoms with E-state index in [1.54, 1.807) is 0 Å². The van der Waals surface area contributed by atoms with Crippen LogP contribution in [0, 0.1) is 0 Å². The number of benzene rings is 1. The van der Waals surface area contributed by atoms with Gasteiger partial charge in [-0.25, -0.2) is 4.98 Å². The molecule has 1 aromatic carbocycles. The van der Waals surface area contributed by atoms with E-state index < -0.39 is 0 Å². The Bertz CT molecular complexity index is 447. The molecule has 78 valence electrons. The molecular weight excluding hydrogens is 188 g/mol. The van der Waals surface area contributed by atoms with Crippen molar-refractivity contribution < 1.29 is 0 Å². The van der Waals surface area contributed by atoms with E-state index in [1.807, 2.05) is 31.2 Å². The predicted octanol–water partition coefficient (Wildman–Crippen LogP) is 1.54. The molecule has 0 unspecified atom stereocenters. The zero-order valence-electron chi connectivity index (χ0n) is 8.70. The molecule has 0 amide bonds. The number of nitrogens with one attached hydrogen (secondary N) is 1. The van der Waals surface area contributed by atoms with Gasteiger partial charge in [0.1, 0.15) is 11.6 Å². The molecule has 4 nitrogen and oxygen atoms in total. The molecule has 0 fully saturated rings. The second-order valence-electron chi connectivity index (χ2n) is 3.43. The molecule has 0 aliphatic heterocycles. The lowest BCUT2D eigenvalue weighted by Gasteiger charge is -2.01. The van der Waals surface area contributed by atoms with Crippen LogP contribution in [0.5, 0.6) is 0 Å². The van der Waals surface area contributed by atoms with Gasteiger partial charge < -0.3 is 5.73 Å². The fourth-order valence-electron chi connectivity index (χ4n) is 1.45. The van der Waals surface area contributed by atoms with E-state index in [2.05, 4.69) is 15.2 Å². The molecule has 0 aliphatic carbocycles. The zero-order valence-corrected chi connectivity index (χ0v) is 8.70. The van der Waals surface area contributed by atoms with E-state index in [-0.39, 0.29) is 0 Å². The second kappa shape index (κ2) is 4.13. The third-order valence-corrected chi connectivity index (χ3v) is 2.31. The van der Waals surface area contributed by atoms with Gasteiger partial charge >= 0.3 is 0 Å². The number of hydrogen-bond donors (Lipinski definition) is 2. The highest BCUT2D eigenvalue weighted by Crippen LogP contribution is 2.13. The Labute approximate surface area is 88.5 Å². The van der Waals surface area contributed by atoms with Crippen molar-refractivity contribution in [2.75, 3.05) is 5.73 Å². The summed E-state index contributed by atoms with van der Waals surface area (Å²) < 4.78 is 0. The average molecular weight is 202 g/mol. The molecule has 2 rings (SSSR count). The summed E-state index contributed by atoms with van der Waals surface area (Å²) >= 11 is 0. The minimum absolute atomic E-state index is 0.708. The highest BCUT2D eigenvalue weighted by atomic mass is 15.2. The first-order valence-corrected chi connectivity index (χ1v) is 5.03. The van der Waals surface area contributed by atoms with E-state index in [1.165, 1.54) is 0 Å². The topological polar surface area (TPSA) is 67.6 Å². The molecule has 0 saturated carbocycles. The molecule has 1 heterocycles. The molecule has 0 aliphatic rings. The average Bonchev–Trinajstić information content (AvgIpc) is 2.69. The molecule has 15 heavy (non-hydrogen) atoms. The normalized spacial score (nSPS) is 10.5. The van der Waals surface area contributed by atoms with Gasteiger partial charge in [0.2, 0.25) is 0 Å². The summed E-state index contributed by atoms with van der Waals surface area (Å²) in [6.07, 6.45) is 1.56. The molecule has 2 aromatic rings. The Kier molecular flexibility index (Phi) is 2.67. The van der Waals surface area contributed by atoms with Gasteiger partial charge in [-0.2, -0.15) is 5.10 Å². The Balaban J connectivity index is 2.18. The van der Waals surface area contributed by atoms with Crippen molar-refractivity contribution in [2.45, 2.75) is 19.8 Å². The molecule has 1 aromatic heterocycles. The fraction of sp³-hybridized carbons (Fsp3) is 0.273. The van der Waals surface area contributed by atoms with Crippen LogP contribution in [-0.4, -0.2) is 15.2 Å². The first-order valence-electron chi connectivity index (χ1n) is 5.03. The Morgan fingerprint density at radius 1 is 1.33 bits per heavy atom. The number of nitrogen functional groups attached to an aromatic ring is 1. The van der Waals surface area contributed by atoms with Crippen LogP contribution < -0.4 is 5.73 Å². The number of aromatic nitrogens is 3. The Hall–Kier alpha value is -1.84. The van der Waals surface area contributed by atoms with Crippen LogP contribution in [0.1, 0.15) is 24.1 Å². The summed E-state index contributed by atoms with van der Waals surface area (Å²) in [6.45, 7) is 2.03. The van der Waals surface area contributed by atoms with Crippen LogP contribution in [0.15, 0.2) is 24.3 Å². The SMILES string of the molecule is CCc1n[nH]c(Cc2ccccc2N)n1. The Morgan fingerprint density at radius 3 is 2.80 bits per heavy atom. The second-order valence-corrected chi connectivity index (χ2v) is 3.43. The molecular formula is C11H14N4. The van der Waals surface area contributed by atoms with E-state index >= 15 is 0 Å². The van der Waals surface area contributed by atoms with Gasteiger partial charge in [-0.05, 0) is 11.6 Å². The van der Waals surface area contributed by atoms with Gasteiger partial charge in [-0.15, -0.1) is 0 Å². The number of para-hydroxylation sites is 1. The van der Waals surface area contributed by atoms with Crippen molar-refractivity contribution >= 4 is 5.69 Å². The molecule has 0 atom stereocenters. The van der Waals surface area contributed by atoms with Crippen LogP contribution >= 0.6 is 0 Å². The summed E-state index contributed by atoms with van der Waals surface area (Å²) in [6, 6.07) is 7.80. The maximum absolute atomic E-state index is 5.85. The summed E-state index contributed by atoms with van der Waals surface area (Å²) in [5.41, 5.74) is 7.72. The number of nitrogens with zero attached hydrogens (tertiary/aromatic N) is 2. The van der Waals surface area contributed by atoms with Crippen LogP contribution in [0.25, 0.3) is 0 Å². The lowest BCUT2D eigenvalue weighted by molar-refractivity contribution is 0.942. The smallest absolute Gasteiger partial charge is 0.150 e. The number of aryl methyl sites for hydroxylation is 1. The van der Waals surface area contributed by atoms with Gasteiger partial charge in [-0.1, -0.05) is 25.1 Å². The monoisotopic (exact) mass is 202 g/mol. The molecule has 0 bridgehead atoms. The Morgan fingerprint density at radius 2 is 2.13 bits per heavy atom. The number of aromatic amines is 1. The first kappa shape index (κ1) is 9.71.